The zero-order valence-electron chi connectivity index (χ0n) is 7.37. The third-order valence-corrected chi connectivity index (χ3v) is 1.70. The fraction of sp³-hybridized carbons (Fsp3) is 0.333. The monoisotopic (exact) mass is 159 g/mol. The molecule has 1 aliphatic carbocycles. The van der Waals surface area contributed by atoms with E-state index >= 15 is 0 Å². The number of rotatable bonds is 0. The van der Waals surface area contributed by atoms with Crippen LogP contribution in [0, 0.1) is 6.08 Å². The number of hydrogen-bond donors (Lipinski definition) is 0. The second-order valence-electron chi connectivity index (χ2n) is 2.78. The van der Waals surface area contributed by atoms with Crippen molar-refractivity contribution in [2.45, 2.75) is 25.7 Å². The van der Waals surface area contributed by atoms with E-state index in [1.165, 1.54) is 12.8 Å². The molecule has 1 radical (unpaired) electrons. The molecule has 0 heterocycles. The van der Waals surface area contributed by atoms with Crippen molar-refractivity contribution < 1.29 is 0 Å². The van der Waals surface area contributed by atoms with Crippen molar-refractivity contribution in [3.05, 3.63) is 48.6 Å². The zero-order chi connectivity index (χ0) is 8.49. The van der Waals surface area contributed by atoms with Crippen LogP contribution in [0.25, 0.3) is 0 Å². The highest BCUT2D eigenvalue weighted by atomic mass is 13.9. The molecule has 0 atom stereocenters. The van der Waals surface area contributed by atoms with Crippen molar-refractivity contribution in [3.8, 4) is 0 Å². The smallest absolute Gasteiger partial charge is 0.00948 e. The molecule has 0 spiro atoms. The van der Waals surface area contributed by atoms with Crippen molar-refractivity contribution in [1.29, 1.82) is 0 Å². The Morgan fingerprint density at radius 1 is 0.833 bits per heavy atom. The van der Waals surface area contributed by atoms with Crippen LogP contribution in [0.2, 0.25) is 0 Å². The first-order chi connectivity index (χ1) is 6.00. The average Bonchev–Trinajstić information content (AvgIpc) is 2.05. The summed E-state index contributed by atoms with van der Waals surface area (Å²) >= 11 is 0. The third kappa shape index (κ3) is 4.73. The Balaban J connectivity index is 2.42. The van der Waals surface area contributed by atoms with Gasteiger partial charge in [-0.2, -0.15) is 0 Å². The largest absolute Gasteiger partial charge is 0.0845 e. The molecule has 0 amide bonds. The van der Waals surface area contributed by atoms with Gasteiger partial charge in [-0.3, -0.25) is 0 Å². The number of allylic oxidation sites excluding steroid dienone is 8. The van der Waals surface area contributed by atoms with E-state index in [1.807, 2.05) is 0 Å². The molecule has 0 saturated carbocycles. The SMILES string of the molecule is [C]1=CCCCC=CC=CC=CC1. The van der Waals surface area contributed by atoms with E-state index in [4.69, 9.17) is 0 Å². The Hall–Kier alpha value is -1.04. The van der Waals surface area contributed by atoms with E-state index in [0.29, 0.717) is 0 Å². The molecular weight excluding hydrogens is 144 g/mol. The van der Waals surface area contributed by atoms with Gasteiger partial charge in [0.1, 0.15) is 0 Å². The van der Waals surface area contributed by atoms with Crippen LogP contribution in [-0.2, 0) is 0 Å². The molecule has 0 heteroatoms. The Morgan fingerprint density at radius 3 is 2.58 bits per heavy atom. The van der Waals surface area contributed by atoms with Crippen molar-refractivity contribution >= 4 is 0 Å². The van der Waals surface area contributed by atoms with E-state index < -0.39 is 0 Å². The highest BCUT2D eigenvalue weighted by molar-refractivity contribution is 5.11. The topological polar surface area (TPSA) is 0 Å². The Morgan fingerprint density at radius 2 is 1.67 bits per heavy atom. The van der Waals surface area contributed by atoms with Crippen LogP contribution >= 0.6 is 0 Å². The minimum Gasteiger partial charge on any atom is -0.0845 e. The summed E-state index contributed by atoms with van der Waals surface area (Å²) in [5.41, 5.74) is 0. The lowest BCUT2D eigenvalue weighted by molar-refractivity contribution is 0.864. The summed E-state index contributed by atoms with van der Waals surface area (Å²) in [5, 5.41) is 0. The maximum Gasteiger partial charge on any atom is -0.00948 e. The normalized spacial score (nSPS) is 18.7. The van der Waals surface area contributed by atoms with Crippen LogP contribution in [0.15, 0.2) is 42.5 Å². The van der Waals surface area contributed by atoms with Crippen LogP contribution in [0.5, 0.6) is 0 Å². The van der Waals surface area contributed by atoms with Gasteiger partial charge in [-0.05, 0) is 31.8 Å². The Labute approximate surface area is 75.0 Å². The van der Waals surface area contributed by atoms with Gasteiger partial charge in [-0.25, -0.2) is 0 Å². The Kier molecular flexibility index (Phi) is 5.02. The lowest BCUT2D eigenvalue weighted by atomic mass is 10.2. The molecule has 0 bridgehead atoms. The van der Waals surface area contributed by atoms with E-state index in [9.17, 15) is 0 Å². The summed E-state index contributed by atoms with van der Waals surface area (Å²) in [6.45, 7) is 0. The standard InChI is InChI=1S/C12H15/c1-2-4-6-8-10-12-11-9-7-5-3-1/h1-6,12H,7-9,11H2. The molecule has 0 unspecified atom stereocenters. The fourth-order valence-electron chi connectivity index (χ4n) is 1.04. The molecule has 0 N–H and O–H groups in total. The lowest BCUT2D eigenvalue weighted by Crippen LogP contribution is -1.70. The van der Waals surface area contributed by atoms with E-state index in [0.717, 1.165) is 12.8 Å². The van der Waals surface area contributed by atoms with Crippen LogP contribution in [0.3, 0.4) is 0 Å². The molecule has 0 nitrogen and oxygen atoms in total. The molecule has 0 saturated heterocycles. The van der Waals surface area contributed by atoms with Crippen molar-refractivity contribution in [2.24, 2.45) is 0 Å². The van der Waals surface area contributed by atoms with Crippen LogP contribution < -0.4 is 0 Å². The molecule has 0 fully saturated rings. The van der Waals surface area contributed by atoms with Crippen LogP contribution in [-0.4, -0.2) is 0 Å². The molecular formula is C12H15. The van der Waals surface area contributed by atoms with Gasteiger partial charge in [0.05, 0.1) is 0 Å². The molecule has 12 heavy (non-hydrogen) atoms. The molecule has 0 aromatic rings. The maximum absolute atomic E-state index is 3.23. The molecule has 0 aromatic carbocycles. The van der Waals surface area contributed by atoms with Gasteiger partial charge in [0.15, 0.2) is 0 Å². The van der Waals surface area contributed by atoms with Gasteiger partial charge >= 0.3 is 0 Å². The van der Waals surface area contributed by atoms with Gasteiger partial charge in [-0.15, -0.1) is 0 Å². The third-order valence-electron chi connectivity index (χ3n) is 1.70. The first-order valence-electron chi connectivity index (χ1n) is 4.53. The summed E-state index contributed by atoms with van der Waals surface area (Å²) in [6, 6.07) is 0. The Bertz CT molecular complexity index is 204. The van der Waals surface area contributed by atoms with Crippen molar-refractivity contribution in [3.63, 3.8) is 0 Å². The highest BCUT2D eigenvalue weighted by Gasteiger charge is 1.80. The summed E-state index contributed by atoms with van der Waals surface area (Å²) in [7, 11) is 0. The minimum absolute atomic E-state index is 0.939. The molecule has 0 aromatic heterocycles. The van der Waals surface area contributed by atoms with E-state index in [2.05, 4.69) is 48.6 Å². The summed E-state index contributed by atoms with van der Waals surface area (Å²) in [5.74, 6) is 0. The molecule has 1 rings (SSSR count). The average molecular weight is 159 g/mol. The second-order valence-corrected chi connectivity index (χ2v) is 2.78. The minimum atomic E-state index is 0.939. The fourth-order valence-corrected chi connectivity index (χ4v) is 1.04. The highest BCUT2D eigenvalue weighted by Crippen LogP contribution is 1.99. The zero-order valence-corrected chi connectivity index (χ0v) is 7.37. The quantitative estimate of drug-likeness (QED) is 0.506. The predicted octanol–water partition coefficient (Wildman–Crippen LogP) is 3.59. The summed E-state index contributed by atoms with van der Waals surface area (Å²) in [4.78, 5) is 0. The van der Waals surface area contributed by atoms with Crippen LogP contribution in [0.1, 0.15) is 25.7 Å². The van der Waals surface area contributed by atoms with Crippen molar-refractivity contribution in [2.75, 3.05) is 0 Å². The second kappa shape index (κ2) is 6.66. The molecule has 0 aliphatic heterocycles. The molecule has 63 valence electrons. The summed E-state index contributed by atoms with van der Waals surface area (Å²) in [6.07, 6.45) is 22.5. The van der Waals surface area contributed by atoms with Gasteiger partial charge in [0.2, 0.25) is 0 Å². The first-order valence-corrected chi connectivity index (χ1v) is 4.53. The van der Waals surface area contributed by atoms with Gasteiger partial charge in [0, 0.05) is 0 Å². The molecule has 1 aliphatic rings. The predicted molar refractivity (Wildman–Crippen MR) is 53.7 cm³/mol. The van der Waals surface area contributed by atoms with Gasteiger partial charge in [0.25, 0.3) is 0 Å². The van der Waals surface area contributed by atoms with Crippen LogP contribution in [0.4, 0.5) is 0 Å². The first kappa shape index (κ1) is 9.05. The summed E-state index contributed by atoms with van der Waals surface area (Å²) < 4.78 is 0. The number of hydrogen-bond acceptors (Lipinski definition) is 0. The van der Waals surface area contributed by atoms with E-state index in [-0.39, 0.29) is 0 Å². The lowest BCUT2D eigenvalue weighted by Gasteiger charge is -1.89. The van der Waals surface area contributed by atoms with E-state index in [1.54, 1.807) is 0 Å². The maximum atomic E-state index is 3.23. The van der Waals surface area contributed by atoms with Crippen molar-refractivity contribution in [1.82, 2.24) is 0 Å². The van der Waals surface area contributed by atoms with Gasteiger partial charge < -0.3 is 0 Å². The van der Waals surface area contributed by atoms with Gasteiger partial charge in [-0.1, -0.05) is 42.5 Å².